The van der Waals surface area contributed by atoms with Gasteiger partial charge in [0.15, 0.2) is 39.0 Å². The van der Waals surface area contributed by atoms with Gasteiger partial charge in [0.1, 0.15) is 47.8 Å². The Morgan fingerprint density at radius 1 is 1.17 bits per heavy atom. The summed E-state index contributed by atoms with van der Waals surface area (Å²) in [5, 5.41) is 35.6. The number of aromatic nitrogens is 6. The Kier molecular flexibility index (Phi) is 8.29. The van der Waals surface area contributed by atoms with Crippen LogP contribution in [-0.4, -0.2) is 142 Å². The maximum atomic E-state index is 13.3. The van der Waals surface area contributed by atoms with Crippen molar-refractivity contribution in [1.82, 2.24) is 44.8 Å². The van der Waals surface area contributed by atoms with E-state index in [4.69, 9.17) is 16.2 Å². The first-order valence-corrected chi connectivity index (χ1v) is 16.3. The number of carbonyl (C=O) groups excluding carboxylic acids is 1. The minimum Gasteiger partial charge on any atom is -0.480 e. The number of carbonyl (C=O) groups is 2. The average Bonchev–Trinajstić information content (AvgIpc) is 3.53. The number of nitrogen functional groups attached to an aromatic ring is 2. The number of aliphatic imine (C=N–C) groups is 1. The normalized spacial score (nSPS) is 26.1. The van der Waals surface area contributed by atoms with Crippen LogP contribution in [0.2, 0.25) is 0 Å². The van der Waals surface area contributed by atoms with E-state index in [1.807, 2.05) is 0 Å². The number of anilines is 3. The van der Waals surface area contributed by atoms with Gasteiger partial charge in [0, 0.05) is 19.6 Å². The number of hydrogen-bond donors (Lipinski definition) is 8. The third-order valence-corrected chi connectivity index (χ3v) is 9.75. The number of hydrogen-bond acceptors (Lipinski definition) is 18. The predicted molar refractivity (Wildman–Crippen MR) is 166 cm³/mol. The lowest BCUT2D eigenvalue weighted by atomic mass is 9.95. The Bertz CT molecular complexity index is 1980. The zero-order chi connectivity index (χ0) is 34.7. The molecule has 258 valence electrons. The predicted octanol–water partition coefficient (Wildman–Crippen LogP) is -3.86. The Balaban J connectivity index is 1.11. The van der Waals surface area contributed by atoms with E-state index in [0.717, 1.165) is 0 Å². The maximum absolute atomic E-state index is 13.3. The lowest BCUT2D eigenvalue weighted by Gasteiger charge is -2.39. The van der Waals surface area contributed by atoms with Crippen molar-refractivity contribution in [2.75, 3.05) is 48.0 Å². The summed E-state index contributed by atoms with van der Waals surface area (Å²) < 4.78 is 33.7. The highest BCUT2D eigenvalue weighted by atomic mass is 32.2. The summed E-state index contributed by atoms with van der Waals surface area (Å²) in [6.45, 7) is 2.91. The van der Waals surface area contributed by atoms with E-state index in [9.17, 15) is 38.1 Å². The van der Waals surface area contributed by atoms with E-state index in [1.54, 1.807) is 13.8 Å². The number of hydrazine groups is 1. The highest BCUT2D eigenvalue weighted by Crippen LogP contribution is 2.33. The van der Waals surface area contributed by atoms with Crippen LogP contribution in [0.4, 0.5) is 23.3 Å². The number of imidazole rings is 1. The van der Waals surface area contributed by atoms with Gasteiger partial charge in [0.2, 0.25) is 5.95 Å². The number of ether oxygens (including phenoxy) is 1. The fourth-order valence-electron chi connectivity index (χ4n) is 5.83. The topological polar surface area (TPSA) is 322 Å². The van der Waals surface area contributed by atoms with Gasteiger partial charge in [-0.15, -0.1) is 0 Å². The molecule has 3 aliphatic rings. The maximum Gasteiger partial charge on any atom is 0.322 e. The first-order valence-electron chi connectivity index (χ1n) is 14.5. The molecule has 23 heteroatoms. The van der Waals surface area contributed by atoms with Gasteiger partial charge in [-0.25, -0.2) is 33.4 Å². The molecule has 22 nitrogen and oxygen atoms in total. The quantitative estimate of drug-likeness (QED) is 0.112. The third-order valence-electron chi connectivity index (χ3n) is 8.19. The number of carboxylic acid groups (broad SMARTS) is 1. The average molecular weight is 692 g/mol. The molecule has 3 unspecified atom stereocenters. The molecule has 0 aliphatic carbocycles. The van der Waals surface area contributed by atoms with Crippen molar-refractivity contribution >= 4 is 61.9 Å². The number of aliphatic hydroxyl groups is 2. The molecule has 48 heavy (non-hydrogen) atoms. The number of sulfone groups is 1. The number of nitrogens with two attached hydrogens (primary N) is 2. The first kappa shape index (κ1) is 33.1. The fourth-order valence-corrected chi connectivity index (χ4v) is 7.53. The standard InChI is InChI=1S/C25H33N13O9S/c1-25(2)16(31-13-18(34-25)32-24(27)33-20(13)41)21(42)35-37-4-3-36(10(5-37)23(43)44)9-48(45,46)6-11-14(39)15(40)22(47-11)38-8-30-12-17(26)28-7-29-19(12)38/h7-8,10-11,14-15,22,39-40H,3-6,9H2,1-2H3,(H,35,42)(H,43,44)(H2,26,28,29)(H4,27,32,33,34,41)/t10?,11-,14?,15?,22-/m1/s1. The van der Waals surface area contributed by atoms with Crippen LogP contribution in [0, 0.1) is 0 Å². The van der Waals surface area contributed by atoms with E-state index < -0.39 is 75.0 Å². The van der Waals surface area contributed by atoms with Gasteiger partial charge in [0.25, 0.3) is 11.5 Å². The number of aliphatic hydroxyl groups excluding tert-OH is 2. The Morgan fingerprint density at radius 3 is 2.65 bits per heavy atom. The second-order valence-electron chi connectivity index (χ2n) is 12.1. The van der Waals surface area contributed by atoms with E-state index in [-0.39, 0.29) is 59.8 Å². The Morgan fingerprint density at radius 2 is 1.92 bits per heavy atom. The molecule has 6 rings (SSSR count). The van der Waals surface area contributed by atoms with Gasteiger partial charge in [-0.1, -0.05) is 0 Å². The molecule has 0 saturated carbocycles. The van der Waals surface area contributed by atoms with Crippen molar-refractivity contribution in [3.05, 3.63) is 23.0 Å². The van der Waals surface area contributed by atoms with Crippen molar-refractivity contribution in [3.63, 3.8) is 0 Å². The number of carboxylic acids is 1. The molecular weight excluding hydrogens is 658 g/mol. The molecule has 1 amide bonds. The number of fused-ring (bicyclic) bond motifs is 2. The summed E-state index contributed by atoms with van der Waals surface area (Å²) in [6.07, 6.45) is -3.32. The van der Waals surface area contributed by atoms with E-state index in [2.05, 4.69) is 40.7 Å². The molecule has 0 spiro atoms. The molecule has 3 aromatic heterocycles. The molecule has 0 aromatic carbocycles. The number of nitrogens with zero attached hydrogens (tertiary/aromatic N) is 8. The van der Waals surface area contributed by atoms with E-state index in [1.165, 1.54) is 27.1 Å². The van der Waals surface area contributed by atoms with Gasteiger partial charge in [-0.3, -0.25) is 34.3 Å². The zero-order valence-electron chi connectivity index (χ0n) is 25.5. The summed E-state index contributed by atoms with van der Waals surface area (Å²) in [5.41, 5.74) is 12.4. The highest BCUT2D eigenvalue weighted by molar-refractivity contribution is 7.91. The molecule has 2 fully saturated rings. The van der Waals surface area contributed by atoms with Gasteiger partial charge in [-0.05, 0) is 13.8 Å². The van der Waals surface area contributed by atoms with E-state index >= 15 is 0 Å². The molecule has 3 aromatic rings. The van der Waals surface area contributed by atoms with Crippen LogP contribution in [0.25, 0.3) is 11.2 Å². The zero-order valence-corrected chi connectivity index (χ0v) is 26.3. The largest absolute Gasteiger partial charge is 0.480 e. The SMILES string of the molecule is CC1(C)Nc2nc(N)[nH]c(=O)c2N=C1C(=O)NN1CCN(CS(=O)(=O)C[C@H]2O[C@@H](n3cnc4c(N)ncnc43)C(O)C2O)C(C(=O)O)C1. The molecule has 0 bridgehead atoms. The fraction of sp³-hybridized carbons (Fsp3) is 0.520. The van der Waals surface area contributed by atoms with Crippen LogP contribution < -0.4 is 27.8 Å². The van der Waals surface area contributed by atoms with Crippen molar-refractivity contribution < 1.29 is 38.1 Å². The summed E-state index contributed by atoms with van der Waals surface area (Å²) in [6, 6.07) is -1.36. The van der Waals surface area contributed by atoms with Crippen molar-refractivity contribution in [3.8, 4) is 0 Å². The van der Waals surface area contributed by atoms with Crippen molar-refractivity contribution in [2.24, 2.45) is 4.99 Å². The summed E-state index contributed by atoms with van der Waals surface area (Å²) in [4.78, 5) is 61.7. The third kappa shape index (κ3) is 6.13. The molecule has 2 saturated heterocycles. The second kappa shape index (κ2) is 12.0. The molecule has 3 aliphatic heterocycles. The van der Waals surface area contributed by atoms with E-state index in [0.29, 0.717) is 0 Å². The summed E-state index contributed by atoms with van der Waals surface area (Å²) in [5.74, 6) is -3.48. The number of H-pyrrole nitrogens is 1. The van der Waals surface area contributed by atoms with Crippen LogP contribution in [-0.2, 0) is 24.2 Å². The highest BCUT2D eigenvalue weighted by Gasteiger charge is 2.47. The number of piperazine rings is 1. The van der Waals surface area contributed by atoms with Gasteiger partial charge < -0.3 is 36.8 Å². The van der Waals surface area contributed by atoms with Gasteiger partial charge >= 0.3 is 5.97 Å². The molecule has 6 heterocycles. The van der Waals surface area contributed by atoms with Crippen molar-refractivity contribution in [2.45, 2.75) is 50.0 Å². The Hall–Kier alpha value is -4.81. The van der Waals surface area contributed by atoms with Crippen LogP contribution in [0.3, 0.4) is 0 Å². The van der Waals surface area contributed by atoms with Crippen LogP contribution in [0.5, 0.6) is 0 Å². The first-order chi connectivity index (χ1) is 22.5. The smallest absolute Gasteiger partial charge is 0.322 e. The lowest BCUT2D eigenvalue weighted by Crippen LogP contribution is -2.63. The summed E-state index contributed by atoms with van der Waals surface area (Å²) >= 11 is 0. The van der Waals surface area contributed by atoms with Crippen molar-refractivity contribution in [1.29, 1.82) is 0 Å². The monoisotopic (exact) mass is 691 g/mol. The minimum absolute atomic E-state index is 0.0312. The molecule has 0 radical (unpaired) electrons. The summed E-state index contributed by atoms with van der Waals surface area (Å²) in [7, 11) is -4.12. The molecular formula is C25H33N13O9S. The number of amides is 1. The van der Waals surface area contributed by atoms with Gasteiger partial charge in [-0.2, -0.15) is 4.98 Å². The van der Waals surface area contributed by atoms with Crippen LogP contribution in [0.15, 0.2) is 22.4 Å². The lowest BCUT2D eigenvalue weighted by molar-refractivity contribution is -0.147. The number of nitrogens with one attached hydrogen (secondary N) is 3. The van der Waals surface area contributed by atoms with Crippen LogP contribution >= 0.6 is 0 Å². The minimum atomic E-state index is -4.12. The number of aliphatic carboxylic acids is 1. The number of aromatic amines is 1. The van der Waals surface area contributed by atoms with Crippen LogP contribution in [0.1, 0.15) is 20.1 Å². The second-order valence-corrected chi connectivity index (χ2v) is 14.2. The van der Waals surface area contributed by atoms with Gasteiger partial charge in [0.05, 0.1) is 17.6 Å². The molecule has 10 N–H and O–H groups in total. The Labute approximate surface area is 270 Å². The number of rotatable bonds is 8. The molecule has 5 atom stereocenters.